The van der Waals surface area contributed by atoms with E-state index in [4.69, 9.17) is 16.6 Å². The van der Waals surface area contributed by atoms with Crippen molar-refractivity contribution in [1.29, 1.82) is 0 Å². The molecule has 204 valence electrons. The van der Waals surface area contributed by atoms with Crippen molar-refractivity contribution in [3.8, 4) is 0 Å². The number of halogens is 1. The van der Waals surface area contributed by atoms with Crippen LogP contribution in [0.5, 0.6) is 0 Å². The van der Waals surface area contributed by atoms with Crippen LogP contribution in [0.15, 0.2) is 59.1 Å². The minimum atomic E-state index is -0.773. The van der Waals surface area contributed by atoms with Gasteiger partial charge in [0, 0.05) is 27.3 Å². The number of aromatic nitrogens is 3. The lowest BCUT2D eigenvalue weighted by Gasteiger charge is -2.29. The summed E-state index contributed by atoms with van der Waals surface area (Å²) in [5, 5.41) is 20.2. The molecular formula is C31H35ClN4O2S. The number of aliphatic imine (C=N–C) groups is 1. The third kappa shape index (κ3) is 5.85. The summed E-state index contributed by atoms with van der Waals surface area (Å²) < 4.78 is 1.83. The first-order chi connectivity index (χ1) is 18.7. The lowest BCUT2D eigenvalue weighted by Crippen LogP contribution is -2.26. The quantitative estimate of drug-likeness (QED) is 0.291. The van der Waals surface area contributed by atoms with E-state index in [-0.39, 0.29) is 17.2 Å². The lowest BCUT2D eigenvalue weighted by molar-refractivity contribution is -0.137. The zero-order chi connectivity index (χ0) is 27.7. The van der Waals surface area contributed by atoms with Crippen LogP contribution in [0.2, 0.25) is 5.02 Å². The standard InChI is InChI=1S/C31H35ClN4O2S/c1-19(2)17-23-11-9-22(10-12-23)13-15-31(16-14-27(37)38)18-25-28(24-7-5-6-8-26(24)32)33-20(3)29-35-34-21(4)36(29)30(25)39-31/h5-12,19-20H,13-18H2,1-4H3,(H,37,38). The Morgan fingerprint density at radius 1 is 1.13 bits per heavy atom. The van der Waals surface area contributed by atoms with E-state index >= 15 is 0 Å². The first-order valence-corrected chi connectivity index (χ1v) is 14.8. The second kappa shape index (κ2) is 11.3. The van der Waals surface area contributed by atoms with Crippen molar-refractivity contribution in [3.05, 3.63) is 87.5 Å². The van der Waals surface area contributed by atoms with E-state index in [9.17, 15) is 9.90 Å². The number of rotatable bonds is 9. The molecule has 0 saturated heterocycles. The van der Waals surface area contributed by atoms with Gasteiger partial charge in [0.05, 0.1) is 10.7 Å². The third-order valence-electron chi connectivity index (χ3n) is 7.57. The van der Waals surface area contributed by atoms with Crippen LogP contribution in [0, 0.1) is 12.8 Å². The van der Waals surface area contributed by atoms with Crippen LogP contribution in [0.25, 0.3) is 5.03 Å². The van der Waals surface area contributed by atoms with Crippen molar-refractivity contribution >= 4 is 40.1 Å². The van der Waals surface area contributed by atoms with Gasteiger partial charge in [0.2, 0.25) is 0 Å². The minimum Gasteiger partial charge on any atom is -0.481 e. The molecule has 3 aromatic rings. The summed E-state index contributed by atoms with van der Waals surface area (Å²) in [6.07, 6.45) is 4.18. The Hall–Kier alpha value is -2.90. The molecule has 2 atom stereocenters. The lowest BCUT2D eigenvalue weighted by atomic mass is 9.86. The van der Waals surface area contributed by atoms with Gasteiger partial charge in [-0.05, 0) is 69.1 Å². The van der Waals surface area contributed by atoms with E-state index in [2.05, 4.69) is 52.9 Å². The van der Waals surface area contributed by atoms with Gasteiger partial charge < -0.3 is 5.11 Å². The van der Waals surface area contributed by atoms with Crippen molar-refractivity contribution in [1.82, 2.24) is 14.8 Å². The highest BCUT2D eigenvalue weighted by molar-refractivity contribution is 8.09. The van der Waals surface area contributed by atoms with Crippen molar-refractivity contribution in [3.63, 3.8) is 0 Å². The molecule has 39 heavy (non-hydrogen) atoms. The summed E-state index contributed by atoms with van der Waals surface area (Å²) in [6, 6.07) is 16.5. The van der Waals surface area contributed by atoms with Gasteiger partial charge in [0.1, 0.15) is 11.9 Å². The molecule has 2 aliphatic heterocycles. The van der Waals surface area contributed by atoms with Crippen LogP contribution in [-0.4, -0.2) is 36.3 Å². The predicted octanol–water partition coefficient (Wildman–Crippen LogP) is 7.54. The highest BCUT2D eigenvalue weighted by atomic mass is 35.5. The minimum absolute atomic E-state index is 0.115. The number of hydrogen-bond acceptors (Lipinski definition) is 5. The number of carboxylic acids is 1. The van der Waals surface area contributed by atoms with Crippen molar-refractivity contribution in [2.75, 3.05) is 0 Å². The predicted molar refractivity (Wildman–Crippen MR) is 159 cm³/mol. The van der Waals surface area contributed by atoms with Gasteiger partial charge in [0.15, 0.2) is 5.82 Å². The van der Waals surface area contributed by atoms with Crippen LogP contribution in [-0.2, 0) is 17.6 Å². The Morgan fingerprint density at radius 3 is 2.54 bits per heavy atom. The molecule has 0 bridgehead atoms. The van der Waals surface area contributed by atoms with Crippen LogP contribution in [0.4, 0.5) is 0 Å². The van der Waals surface area contributed by atoms with Gasteiger partial charge in [-0.15, -0.1) is 22.0 Å². The van der Waals surface area contributed by atoms with E-state index in [0.717, 1.165) is 52.8 Å². The molecule has 0 aliphatic carbocycles. The van der Waals surface area contributed by atoms with Crippen LogP contribution in [0.3, 0.4) is 0 Å². The zero-order valence-electron chi connectivity index (χ0n) is 22.9. The van der Waals surface area contributed by atoms with E-state index in [1.807, 2.05) is 38.1 Å². The number of aryl methyl sites for hydroxylation is 2. The number of allylic oxidation sites excluding steroid dienone is 1. The summed E-state index contributed by atoms with van der Waals surface area (Å²) in [5.41, 5.74) is 5.48. The van der Waals surface area contributed by atoms with E-state index in [0.29, 0.717) is 23.8 Å². The molecule has 0 amide bonds. The first-order valence-electron chi connectivity index (χ1n) is 13.6. The molecule has 6 nitrogen and oxygen atoms in total. The number of fused-ring (bicyclic) bond motifs is 2. The largest absolute Gasteiger partial charge is 0.481 e. The SMILES string of the molecule is Cc1nnc2n1C1=C(CC(CCC(=O)O)(CCc3ccc(CC(C)C)cc3)S1)C(c1ccccc1Cl)=NC2C. The molecule has 0 fully saturated rings. The summed E-state index contributed by atoms with van der Waals surface area (Å²) in [5.74, 6) is 1.45. The van der Waals surface area contributed by atoms with Gasteiger partial charge in [-0.1, -0.05) is 67.9 Å². The van der Waals surface area contributed by atoms with Crippen LogP contribution >= 0.6 is 23.4 Å². The van der Waals surface area contributed by atoms with Crippen LogP contribution in [0.1, 0.15) is 80.8 Å². The second-order valence-corrected chi connectivity index (χ2v) is 13.0. The van der Waals surface area contributed by atoms with E-state index < -0.39 is 5.97 Å². The van der Waals surface area contributed by atoms with E-state index in [1.54, 1.807) is 11.8 Å². The number of carboxylic acid groups (broad SMARTS) is 1. The molecule has 8 heteroatoms. The molecule has 2 aliphatic rings. The number of nitrogens with zero attached hydrogens (tertiary/aromatic N) is 4. The maximum absolute atomic E-state index is 11.8. The molecular weight excluding hydrogens is 528 g/mol. The zero-order valence-corrected chi connectivity index (χ0v) is 24.5. The maximum Gasteiger partial charge on any atom is 0.303 e. The Balaban J connectivity index is 1.52. The fraction of sp³-hybridized carbons (Fsp3) is 0.419. The van der Waals surface area contributed by atoms with Crippen molar-refractivity contribution < 1.29 is 9.90 Å². The normalized spacial score (nSPS) is 20.6. The molecule has 2 unspecified atom stereocenters. The molecule has 3 heterocycles. The molecule has 0 spiro atoms. The monoisotopic (exact) mass is 562 g/mol. The van der Waals surface area contributed by atoms with E-state index in [1.165, 1.54) is 11.1 Å². The summed E-state index contributed by atoms with van der Waals surface area (Å²) in [4.78, 5) is 16.9. The molecule has 2 aromatic carbocycles. The molecule has 1 N–H and O–H groups in total. The fourth-order valence-corrected chi connectivity index (χ4v) is 7.47. The van der Waals surface area contributed by atoms with Gasteiger partial charge in [-0.2, -0.15) is 0 Å². The fourth-order valence-electron chi connectivity index (χ4n) is 5.61. The van der Waals surface area contributed by atoms with Gasteiger partial charge in [-0.25, -0.2) is 0 Å². The van der Waals surface area contributed by atoms with Crippen molar-refractivity contribution in [2.45, 2.75) is 77.0 Å². The number of aliphatic carboxylic acids is 1. The number of carbonyl (C=O) groups is 1. The second-order valence-electron chi connectivity index (χ2n) is 11.1. The Kier molecular flexibility index (Phi) is 8.01. The Labute approximate surface area is 239 Å². The average molecular weight is 563 g/mol. The van der Waals surface area contributed by atoms with Gasteiger partial charge >= 0.3 is 5.97 Å². The van der Waals surface area contributed by atoms with Gasteiger partial charge in [0.25, 0.3) is 0 Å². The number of benzene rings is 2. The molecule has 5 rings (SSSR count). The maximum atomic E-state index is 11.8. The third-order valence-corrected chi connectivity index (χ3v) is 9.50. The molecule has 0 saturated carbocycles. The Bertz CT molecular complexity index is 1440. The summed E-state index contributed by atoms with van der Waals surface area (Å²) >= 11 is 8.47. The van der Waals surface area contributed by atoms with Gasteiger partial charge in [-0.3, -0.25) is 14.4 Å². The summed E-state index contributed by atoms with van der Waals surface area (Å²) in [6.45, 7) is 8.46. The van der Waals surface area contributed by atoms with Crippen LogP contribution < -0.4 is 0 Å². The number of hydrogen-bond donors (Lipinski definition) is 1. The highest BCUT2D eigenvalue weighted by Crippen LogP contribution is 2.56. The first kappa shape index (κ1) is 27.7. The topological polar surface area (TPSA) is 80.4 Å². The smallest absolute Gasteiger partial charge is 0.303 e. The number of thioether (sulfide) groups is 1. The molecule has 1 aromatic heterocycles. The average Bonchev–Trinajstić information content (AvgIpc) is 3.44. The summed E-state index contributed by atoms with van der Waals surface area (Å²) in [7, 11) is 0. The highest BCUT2D eigenvalue weighted by Gasteiger charge is 2.44. The molecule has 0 radical (unpaired) electrons. The Morgan fingerprint density at radius 2 is 1.85 bits per heavy atom. The van der Waals surface area contributed by atoms with Crippen molar-refractivity contribution in [2.24, 2.45) is 10.9 Å².